The lowest BCUT2D eigenvalue weighted by atomic mass is 9.90. The van der Waals surface area contributed by atoms with Gasteiger partial charge in [-0.3, -0.25) is 4.98 Å². The van der Waals surface area contributed by atoms with Crippen LogP contribution in [-0.4, -0.2) is 28.2 Å². The van der Waals surface area contributed by atoms with Crippen LogP contribution in [-0.2, 0) is 6.54 Å². The quantitative estimate of drug-likeness (QED) is 0.823. The van der Waals surface area contributed by atoms with Crippen molar-refractivity contribution in [2.45, 2.75) is 26.8 Å². The summed E-state index contributed by atoms with van der Waals surface area (Å²) >= 11 is 1.62. The van der Waals surface area contributed by atoms with Gasteiger partial charge in [0.15, 0.2) is 0 Å². The van der Waals surface area contributed by atoms with Crippen LogP contribution in [0.15, 0.2) is 29.8 Å². The van der Waals surface area contributed by atoms with Crippen molar-refractivity contribution in [3.8, 4) is 10.7 Å². The van der Waals surface area contributed by atoms with Crippen LogP contribution in [0.4, 0.5) is 0 Å². The van der Waals surface area contributed by atoms with Crippen LogP contribution in [0.1, 0.15) is 26.0 Å². The molecule has 108 valence electrons. The fourth-order valence-corrected chi connectivity index (χ4v) is 2.71. The van der Waals surface area contributed by atoms with Gasteiger partial charge in [-0.25, -0.2) is 4.98 Å². The Bertz CT molecular complexity index is 525. The summed E-state index contributed by atoms with van der Waals surface area (Å²) in [7, 11) is 0. The van der Waals surface area contributed by atoms with Crippen molar-refractivity contribution in [2.24, 2.45) is 5.41 Å². The third-order valence-corrected chi connectivity index (χ3v) is 4.05. The summed E-state index contributed by atoms with van der Waals surface area (Å²) in [5.41, 5.74) is 2.06. The second-order valence-electron chi connectivity index (χ2n) is 5.60. The molecule has 0 unspecified atom stereocenters. The van der Waals surface area contributed by atoms with E-state index < -0.39 is 0 Å². The van der Waals surface area contributed by atoms with Gasteiger partial charge >= 0.3 is 0 Å². The van der Waals surface area contributed by atoms with Crippen LogP contribution in [0.5, 0.6) is 0 Å². The molecule has 0 atom stereocenters. The Morgan fingerprint density at radius 1 is 1.35 bits per heavy atom. The minimum Gasteiger partial charge on any atom is -0.396 e. The van der Waals surface area contributed by atoms with Crippen molar-refractivity contribution in [3.05, 3.63) is 35.5 Å². The zero-order valence-electron chi connectivity index (χ0n) is 12.0. The monoisotopic (exact) mass is 291 g/mol. The number of aliphatic hydroxyl groups excluding tert-OH is 1. The topological polar surface area (TPSA) is 58.0 Å². The third-order valence-electron chi connectivity index (χ3n) is 3.13. The molecule has 2 aromatic heterocycles. The molecule has 0 spiro atoms. The minimum absolute atomic E-state index is 0.106. The predicted molar refractivity (Wildman–Crippen MR) is 82.5 cm³/mol. The smallest absolute Gasteiger partial charge is 0.142 e. The molecule has 0 aromatic carbocycles. The molecule has 4 nitrogen and oxygen atoms in total. The van der Waals surface area contributed by atoms with E-state index in [1.54, 1.807) is 17.5 Å². The Hall–Kier alpha value is -1.30. The fraction of sp³-hybridized carbons (Fsp3) is 0.467. The Labute approximate surface area is 123 Å². The Kier molecular flexibility index (Phi) is 5.23. The number of aliphatic hydroxyl groups is 1. The molecular formula is C15H21N3OS. The van der Waals surface area contributed by atoms with Crippen LogP contribution >= 0.6 is 11.3 Å². The van der Waals surface area contributed by atoms with E-state index in [0.29, 0.717) is 0 Å². The normalized spacial score (nSPS) is 11.8. The molecule has 0 radical (unpaired) electrons. The molecule has 2 aromatic rings. The summed E-state index contributed by atoms with van der Waals surface area (Å²) in [6, 6.07) is 5.85. The van der Waals surface area contributed by atoms with Crippen LogP contribution in [0.2, 0.25) is 0 Å². The highest BCUT2D eigenvalue weighted by Gasteiger charge is 2.16. The van der Waals surface area contributed by atoms with Crippen molar-refractivity contribution in [1.82, 2.24) is 15.3 Å². The maximum Gasteiger partial charge on any atom is 0.142 e. The van der Waals surface area contributed by atoms with Gasteiger partial charge in [-0.05, 0) is 24.0 Å². The maximum atomic E-state index is 9.00. The fourth-order valence-electron chi connectivity index (χ4n) is 1.92. The SMILES string of the molecule is CC(C)(CCO)CNCc1csc(-c2ccccn2)n1. The van der Waals surface area contributed by atoms with E-state index >= 15 is 0 Å². The summed E-state index contributed by atoms with van der Waals surface area (Å²) in [5, 5.41) is 15.4. The zero-order valence-corrected chi connectivity index (χ0v) is 12.8. The lowest BCUT2D eigenvalue weighted by Crippen LogP contribution is -2.29. The van der Waals surface area contributed by atoms with E-state index in [9.17, 15) is 0 Å². The summed E-state index contributed by atoms with van der Waals surface area (Å²) < 4.78 is 0. The van der Waals surface area contributed by atoms with E-state index in [1.807, 2.05) is 18.2 Å². The van der Waals surface area contributed by atoms with Gasteiger partial charge in [0.05, 0.1) is 11.4 Å². The van der Waals surface area contributed by atoms with E-state index in [0.717, 1.165) is 35.9 Å². The number of thiazole rings is 1. The van der Waals surface area contributed by atoms with E-state index in [-0.39, 0.29) is 12.0 Å². The molecule has 0 amide bonds. The number of aromatic nitrogens is 2. The molecule has 0 fully saturated rings. The van der Waals surface area contributed by atoms with Crippen LogP contribution < -0.4 is 5.32 Å². The molecule has 0 saturated heterocycles. The summed E-state index contributed by atoms with van der Waals surface area (Å²) in [4.78, 5) is 8.90. The van der Waals surface area contributed by atoms with E-state index in [1.165, 1.54) is 0 Å². The first-order chi connectivity index (χ1) is 9.61. The molecule has 0 aliphatic carbocycles. The maximum absolute atomic E-state index is 9.00. The second kappa shape index (κ2) is 6.92. The second-order valence-corrected chi connectivity index (χ2v) is 6.46. The number of pyridine rings is 1. The van der Waals surface area contributed by atoms with Gasteiger partial charge in [0.25, 0.3) is 0 Å². The van der Waals surface area contributed by atoms with Crippen LogP contribution in [0, 0.1) is 5.41 Å². The molecule has 0 saturated carbocycles. The van der Waals surface area contributed by atoms with Crippen molar-refractivity contribution in [2.75, 3.05) is 13.2 Å². The first kappa shape index (κ1) is 15.1. The molecule has 5 heteroatoms. The van der Waals surface area contributed by atoms with Gasteiger partial charge in [0.2, 0.25) is 0 Å². The Morgan fingerprint density at radius 2 is 2.20 bits per heavy atom. The van der Waals surface area contributed by atoms with E-state index in [2.05, 4.69) is 34.5 Å². The Balaban J connectivity index is 1.88. The number of hydrogen-bond acceptors (Lipinski definition) is 5. The van der Waals surface area contributed by atoms with Gasteiger partial charge in [-0.15, -0.1) is 11.3 Å². The highest BCUT2D eigenvalue weighted by molar-refractivity contribution is 7.13. The molecule has 2 N–H and O–H groups in total. The molecule has 2 rings (SSSR count). The lowest BCUT2D eigenvalue weighted by molar-refractivity contribution is 0.207. The number of nitrogens with one attached hydrogen (secondary N) is 1. The number of nitrogens with zero attached hydrogens (tertiary/aromatic N) is 2. The van der Waals surface area contributed by atoms with Gasteiger partial charge in [0.1, 0.15) is 5.01 Å². The zero-order chi connectivity index (χ0) is 14.4. The standard InChI is InChI=1S/C15H21N3OS/c1-15(2,6-8-19)11-16-9-12-10-20-14(18-12)13-5-3-4-7-17-13/h3-5,7,10,16,19H,6,8-9,11H2,1-2H3. The van der Waals surface area contributed by atoms with Crippen molar-refractivity contribution in [1.29, 1.82) is 0 Å². The molecule has 0 aliphatic heterocycles. The minimum atomic E-state index is 0.106. The molecule has 20 heavy (non-hydrogen) atoms. The van der Waals surface area contributed by atoms with Crippen LogP contribution in [0.25, 0.3) is 10.7 Å². The Morgan fingerprint density at radius 3 is 2.90 bits per heavy atom. The number of hydrogen-bond donors (Lipinski definition) is 2. The van der Waals surface area contributed by atoms with Gasteiger partial charge in [0, 0.05) is 31.3 Å². The first-order valence-electron chi connectivity index (χ1n) is 6.78. The predicted octanol–water partition coefficient (Wildman–Crippen LogP) is 2.70. The van der Waals surface area contributed by atoms with Gasteiger partial charge < -0.3 is 10.4 Å². The summed E-state index contributed by atoms with van der Waals surface area (Å²) in [6.07, 6.45) is 2.59. The first-order valence-corrected chi connectivity index (χ1v) is 7.66. The highest BCUT2D eigenvalue weighted by atomic mass is 32.1. The van der Waals surface area contributed by atoms with Crippen molar-refractivity contribution < 1.29 is 5.11 Å². The van der Waals surface area contributed by atoms with Crippen molar-refractivity contribution >= 4 is 11.3 Å². The summed E-state index contributed by atoms with van der Waals surface area (Å²) in [5.74, 6) is 0. The van der Waals surface area contributed by atoms with Crippen molar-refractivity contribution in [3.63, 3.8) is 0 Å². The lowest BCUT2D eigenvalue weighted by Gasteiger charge is -2.23. The molecular weight excluding hydrogens is 270 g/mol. The van der Waals surface area contributed by atoms with Gasteiger partial charge in [-0.2, -0.15) is 0 Å². The molecule has 0 bridgehead atoms. The summed E-state index contributed by atoms with van der Waals surface area (Å²) in [6.45, 7) is 6.14. The van der Waals surface area contributed by atoms with Gasteiger partial charge in [-0.1, -0.05) is 19.9 Å². The molecule has 0 aliphatic rings. The average molecular weight is 291 g/mol. The third kappa shape index (κ3) is 4.37. The van der Waals surface area contributed by atoms with E-state index in [4.69, 9.17) is 5.11 Å². The highest BCUT2D eigenvalue weighted by Crippen LogP contribution is 2.22. The number of rotatable bonds is 7. The van der Waals surface area contributed by atoms with Crippen LogP contribution in [0.3, 0.4) is 0 Å². The average Bonchev–Trinajstić information content (AvgIpc) is 2.88. The largest absolute Gasteiger partial charge is 0.396 e. The molecule has 2 heterocycles.